The summed E-state index contributed by atoms with van der Waals surface area (Å²) in [4.78, 5) is 1.59. The predicted octanol–water partition coefficient (Wildman–Crippen LogP) is 1.58. The maximum atomic E-state index is 11.6. The van der Waals surface area contributed by atoms with Gasteiger partial charge in [-0.05, 0) is 0 Å². The molecule has 1 unspecified atom stereocenters. The lowest BCUT2D eigenvalue weighted by Crippen LogP contribution is -1.85. The van der Waals surface area contributed by atoms with Crippen molar-refractivity contribution in [3.05, 3.63) is 0 Å². The number of hydrogen-bond acceptors (Lipinski definition) is 2. The van der Waals surface area contributed by atoms with Gasteiger partial charge in [-0.3, -0.25) is 9.13 Å². The zero-order valence-electron chi connectivity index (χ0n) is 3.59. The van der Waals surface area contributed by atoms with Crippen LogP contribution in [0.1, 0.15) is 0 Å². The first-order valence-corrected chi connectivity index (χ1v) is 4.29. The van der Waals surface area contributed by atoms with E-state index in [9.17, 15) is 13.3 Å². The normalized spacial score (nSPS) is 19.1. The van der Waals surface area contributed by atoms with Crippen LogP contribution in [0.2, 0.25) is 0 Å². The van der Waals surface area contributed by atoms with E-state index in [0.29, 0.717) is 0 Å². The summed E-state index contributed by atoms with van der Waals surface area (Å²) in [5.41, 5.74) is 0. The molecule has 0 aromatic heterocycles. The van der Waals surface area contributed by atoms with E-state index in [1.807, 2.05) is 0 Å². The summed E-state index contributed by atoms with van der Waals surface area (Å²) in [6.45, 7) is 0.845. The lowest BCUT2D eigenvalue weighted by molar-refractivity contribution is 0.541. The molecule has 0 aliphatic rings. The molecule has 0 saturated heterocycles. The van der Waals surface area contributed by atoms with Crippen LogP contribution in [0.5, 0.6) is 0 Å². The summed E-state index contributed by atoms with van der Waals surface area (Å²) >= 11 is 0. The Morgan fingerprint density at radius 1 is 1.86 bits per heavy atom. The molecule has 0 aliphatic heterocycles. The second-order valence-corrected chi connectivity index (χ2v) is 3.63. The summed E-state index contributed by atoms with van der Waals surface area (Å²) in [5.74, 6) is 0. The molecule has 0 amide bonds. The van der Waals surface area contributed by atoms with Crippen LogP contribution in [0.3, 0.4) is 0 Å². The lowest BCUT2D eigenvalue weighted by atomic mass is 12.0. The second kappa shape index (κ2) is 2.51. The van der Waals surface area contributed by atoms with Crippen LogP contribution in [0.15, 0.2) is 0 Å². The van der Waals surface area contributed by atoms with Crippen LogP contribution in [-0.2, 0) is 9.13 Å². The number of halogens is 1. The maximum absolute atomic E-state index is 11.6. The molecule has 6 heteroatoms. The van der Waals surface area contributed by atoms with E-state index < -0.39 is 16.2 Å². The van der Waals surface area contributed by atoms with E-state index >= 15 is 0 Å². The maximum Gasteiger partial charge on any atom is 0.314 e. The number of hydrogen-bond donors (Lipinski definition) is 1. The largest absolute Gasteiger partial charge is 0.314 e. The molecule has 0 fully saturated rings. The SMILES string of the molecule is CP(=O)(F)NP=O. The molecule has 1 N–H and O–H groups in total. The Morgan fingerprint density at radius 3 is 2.29 bits per heavy atom. The minimum atomic E-state index is -3.74. The van der Waals surface area contributed by atoms with E-state index in [1.165, 1.54) is 0 Å². The molecular weight excluding hydrogens is 139 g/mol. The van der Waals surface area contributed by atoms with Crippen molar-refractivity contribution in [2.24, 2.45) is 0 Å². The molecule has 0 spiro atoms. The van der Waals surface area contributed by atoms with Gasteiger partial charge in [0, 0.05) is 6.66 Å². The van der Waals surface area contributed by atoms with Gasteiger partial charge in [-0.2, -0.15) is 9.05 Å². The highest BCUT2D eigenvalue weighted by Gasteiger charge is 2.08. The van der Waals surface area contributed by atoms with Gasteiger partial charge in [-0.25, -0.2) is 0 Å². The van der Waals surface area contributed by atoms with E-state index in [4.69, 9.17) is 0 Å². The van der Waals surface area contributed by atoms with E-state index in [2.05, 4.69) is 0 Å². The van der Waals surface area contributed by atoms with Crippen LogP contribution < -0.4 is 4.86 Å². The molecule has 0 aromatic rings. The van der Waals surface area contributed by atoms with Gasteiger partial charge in [0.1, 0.15) is 0 Å². The van der Waals surface area contributed by atoms with Crippen molar-refractivity contribution in [2.45, 2.75) is 0 Å². The van der Waals surface area contributed by atoms with Gasteiger partial charge < -0.3 is 0 Å². The average molecular weight is 143 g/mol. The van der Waals surface area contributed by atoms with Crippen molar-refractivity contribution in [2.75, 3.05) is 6.66 Å². The molecule has 7 heavy (non-hydrogen) atoms. The van der Waals surface area contributed by atoms with Crippen molar-refractivity contribution in [1.82, 2.24) is 4.86 Å². The zero-order valence-corrected chi connectivity index (χ0v) is 5.38. The first kappa shape index (κ1) is 7.22. The fourth-order valence-corrected chi connectivity index (χ4v) is 0.656. The van der Waals surface area contributed by atoms with Crippen LogP contribution in [0, 0.1) is 0 Å². The van der Waals surface area contributed by atoms with Crippen molar-refractivity contribution < 1.29 is 13.3 Å². The van der Waals surface area contributed by atoms with Gasteiger partial charge in [-0.15, -0.1) is 0 Å². The number of rotatable bonds is 2. The Bertz CT molecular complexity index is 108. The fraction of sp³-hybridized carbons (Fsp3) is 1.00. The molecule has 42 valence electrons. The Hall–Kier alpha value is 0.220. The molecule has 3 nitrogen and oxygen atoms in total. The molecule has 0 bridgehead atoms. The molecule has 0 aromatic carbocycles. The third kappa shape index (κ3) is 6.22. The third-order valence-corrected chi connectivity index (χ3v) is 1.98. The summed E-state index contributed by atoms with van der Waals surface area (Å²) in [6, 6.07) is 0. The van der Waals surface area contributed by atoms with Crippen molar-refractivity contribution in [1.29, 1.82) is 0 Å². The summed E-state index contributed by atoms with van der Waals surface area (Å²) in [6.07, 6.45) is 0. The molecule has 0 radical (unpaired) electrons. The monoisotopic (exact) mass is 143 g/mol. The van der Waals surface area contributed by atoms with Crippen LogP contribution in [0.25, 0.3) is 0 Å². The van der Waals surface area contributed by atoms with Crippen LogP contribution in [0.4, 0.5) is 4.20 Å². The minimum Gasteiger partial charge on any atom is -0.269 e. The highest BCUT2D eigenvalue weighted by Crippen LogP contribution is 2.39. The van der Waals surface area contributed by atoms with E-state index in [-0.39, 0.29) is 0 Å². The van der Waals surface area contributed by atoms with Crippen molar-refractivity contribution in [3.8, 4) is 0 Å². The average Bonchev–Trinajstić information content (AvgIpc) is 1.30. The Kier molecular flexibility index (Phi) is 2.59. The van der Waals surface area contributed by atoms with Crippen molar-refractivity contribution >= 4 is 16.2 Å². The summed E-state index contributed by atoms with van der Waals surface area (Å²) in [7, 11) is -4.37. The predicted molar refractivity (Wildman–Crippen MR) is 25.4 cm³/mol. The first-order chi connectivity index (χ1) is 3.06. The lowest BCUT2D eigenvalue weighted by Gasteiger charge is -1.91. The van der Waals surface area contributed by atoms with Gasteiger partial charge in [0.05, 0.1) is 0 Å². The zero-order chi connectivity index (χ0) is 5.91. The Balaban J connectivity index is 3.57. The molecule has 1 atom stereocenters. The smallest absolute Gasteiger partial charge is 0.269 e. The Labute approximate surface area is 42.1 Å². The molecular formula is CH4FNO2P2. The molecule has 0 heterocycles. The van der Waals surface area contributed by atoms with Gasteiger partial charge in [-0.1, -0.05) is 0 Å². The van der Waals surface area contributed by atoms with Gasteiger partial charge >= 0.3 is 7.60 Å². The van der Waals surface area contributed by atoms with Gasteiger partial charge in [0.2, 0.25) is 0 Å². The van der Waals surface area contributed by atoms with Gasteiger partial charge in [0.15, 0.2) is 0 Å². The first-order valence-electron chi connectivity index (χ1n) is 1.43. The third-order valence-electron chi connectivity index (χ3n) is 0.219. The molecule has 0 aliphatic carbocycles. The summed E-state index contributed by atoms with van der Waals surface area (Å²) in [5, 5.41) is 0. The Morgan fingerprint density at radius 2 is 2.29 bits per heavy atom. The topological polar surface area (TPSA) is 46.2 Å². The van der Waals surface area contributed by atoms with E-state index in [0.717, 1.165) is 6.66 Å². The summed E-state index contributed by atoms with van der Waals surface area (Å²) < 4.78 is 30.9. The van der Waals surface area contributed by atoms with E-state index in [1.54, 1.807) is 4.86 Å². The van der Waals surface area contributed by atoms with Crippen LogP contribution in [-0.4, -0.2) is 6.66 Å². The van der Waals surface area contributed by atoms with Crippen LogP contribution >= 0.6 is 16.2 Å². The molecule has 0 rings (SSSR count). The molecule has 0 saturated carbocycles. The second-order valence-electron chi connectivity index (χ2n) is 1.01. The number of nitrogens with one attached hydrogen (secondary N) is 1. The fourth-order valence-electron chi connectivity index (χ4n) is 0.0729. The quantitative estimate of drug-likeness (QED) is 0.596. The highest BCUT2D eigenvalue weighted by atomic mass is 31.2. The van der Waals surface area contributed by atoms with Gasteiger partial charge in [0.25, 0.3) is 8.61 Å². The highest BCUT2D eigenvalue weighted by molar-refractivity contribution is 7.61. The standard InChI is InChI=1S/CH4FNO2P2/c1-7(2,5)3-6-4/h1H3,(H,3,4,5). The minimum absolute atomic E-state index is 0.629. The van der Waals surface area contributed by atoms with Crippen molar-refractivity contribution in [3.63, 3.8) is 0 Å².